The van der Waals surface area contributed by atoms with E-state index in [0.717, 1.165) is 0 Å². The first-order valence-electron chi connectivity index (χ1n) is 2.63. The van der Waals surface area contributed by atoms with E-state index >= 15 is 0 Å². The predicted octanol–water partition coefficient (Wildman–Crippen LogP) is 1.19. The molecule has 0 aliphatic rings. The van der Waals surface area contributed by atoms with Crippen LogP contribution in [0.1, 0.15) is 0 Å². The molecule has 0 aromatic heterocycles. The second kappa shape index (κ2) is 5.10. The van der Waals surface area contributed by atoms with E-state index in [1.165, 1.54) is 18.9 Å². The Balaban J connectivity index is 4.69. The van der Waals surface area contributed by atoms with Crippen LogP contribution in [0.3, 0.4) is 0 Å². The minimum atomic E-state index is -0.646. The van der Waals surface area contributed by atoms with Gasteiger partial charge in [0, 0.05) is 0 Å². The van der Waals surface area contributed by atoms with Crippen molar-refractivity contribution < 1.29 is 9.53 Å². The molecule has 0 unspecified atom stereocenters. The van der Waals surface area contributed by atoms with Gasteiger partial charge in [0.1, 0.15) is 6.07 Å². The summed E-state index contributed by atoms with van der Waals surface area (Å²) in [6.45, 7) is 0. The Kier molecular flexibility index (Phi) is 4.83. The zero-order valence-electron chi connectivity index (χ0n) is 6.12. The van der Waals surface area contributed by atoms with Crippen LogP contribution < -0.4 is 0 Å². The van der Waals surface area contributed by atoms with Gasteiger partial charge in [-0.15, -0.1) is 24.4 Å². The van der Waals surface area contributed by atoms with Gasteiger partial charge in [-0.05, 0) is 6.26 Å². The van der Waals surface area contributed by atoms with Crippen LogP contribution in [0.15, 0.2) is 9.81 Å². The van der Waals surface area contributed by atoms with Gasteiger partial charge in [0.25, 0.3) is 0 Å². The van der Waals surface area contributed by atoms with E-state index in [4.69, 9.17) is 5.26 Å². The summed E-state index contributed by atoms with van der Waals surface area (Å²) in [5.41, 5.74) is -0.0525. The summed E-state index contributed by atoms with van der Waals surface area (Å²) < 4.78 is 4.72. The summed E-state index contributed by atoms with van der Waals surface area (Å²) in [5, 5.41) is 8.46. The molecule has 0 bridgehead atoms. The molecule has 0 radical (unpaired) electrons. The first-order valence-corrected chi connectivity index (χ1v) is 4.30. The van der Waals surface area contributed by atoms with Crippen molar-refractivity contribution in [3.05, 3.63) is 9.81 Å². The van der Waals surface area contributed by atoms with Gasteiger partial charge in [-0.25, -0.2) is 4.79 Å². The van der Waals surface area contributed by atoms with E-state index in [2.05, 4.69) is 17.4 Å². The van der Waals surface area contributed by atoms with Crippen LogP contribution in [-0.4, -0.2) is 19.3 Å². The Hall–Kier alpha value is -0.600. The van der Waals surface area contributed by atoms with Crippen molar-refractivity contribution in [3.8, 4) is 6.07 Å². The first-order chi connectivity index (χ1) is 5.17. The van der Waals surface area contributed by atoms with Gasteiger partial charge in [0.15, 0.2) is 5.57 Å². The molecule has 0 spiro atoms. The maximum Gasteiger partial charge on any atom is 0.350 e. The summed E-state index contributed by atoms with van der Waals surface area (Å²) >= 11 is 5.14. The largest absolute Gasteiger partial charge is 0.465 e. The fourth-order valence-electron chi connectivity index (χ4n) is 0.385. The molecule has 0 aromatic rings. The van der Waals surface area contributed by atoms with Crippen molar-refractivity contribution in [2.45, 2.75) is 0 Å². The van der Waals surface area contributed by atoms with Gasteiger partial charge in [0.05, 0.1) is 11.3 Å². The highest BCUT2D eigenvalue weighted by Gasteiger charge is 2.12. The molecule has 0 heterocycles. The lowest BCUT2D eigenvalue weighted by molar-refractivity contribution is -0.135. The molecule has 0 saturated carbocycles. The molecule has 0 aliphatic heterocycles. The minimum absolute atomic E-state index is 0.0525. The molecule has 11 heavy (non-hydrogen) atoms. The topological polar surface area (TPSA) is 50.1 Å². The van der Waals surface area contributed by atoms with Crippen LogP contribution >= 0.6 is 24.4 Å². The second-order valence-electron chi connectivity index (χ2n) is 1.49. The summed E-state index contributed by atoms with van der Waals surface area (Å²) in [6.07, 6.45) is 1.72. The third-order valence-corrected chi connectivity index (χ3v) is 2.27. The number of rotatable bonds is 2. The zero-order chi connectivity index (χ0) is 8.85. The molecule has 5 heteroatoms. The van der Waals surface area contributed by atoms with Crippen molar-refractivity contribution in [2.75, 3.05) is 13.4 Å². The Morgan fingerprint density at radius 1 is 1.73 bits per heavy atom. The lowest BCUT2D eigenvalue weighted by atomic mass is 10.3. The number of thiol groups is 1. The van der Waals surface area contributed by atoms with Crippen LogP contribution in [0.2, 0.25) is 0 Å². The van der Waals surface area contributed by atoms with Gasteiger partial charge in [-0.2, -0.15) is 5.26 Å². The Labute approximate surface area is 74.8 Å². The van der Waals surface area contributed by atoms with Crippen LogP contribution in [0.5, 0.6) is 0 Å². The van der Waals surface area contributed by atoms with Crippen LogP contribution in [0, 0.1) is 11.3 Å². The van der Waals surface area contributed by atoms with Crippen molar-refractivity contribution in [1.82, 2.24) is 0 Å². The molecule has 0 amide bonds. The first kappa shape index (κ1) is 10.4. The standard InChI is InChI=1S/C6H7NO2S2/c1-9-5(8)4(3-7)6(10)11-2/h10H,1-2H3/b6-4-. The third kappa shape index (κ3) is 2.87. The lowest BCUT2D eigenvalue weighted by Gasteiger charge is -1.98. The molecule has 0 N–H and O–H groups in total. The van der Waals surface area contributed by atoms with Gasteiger partial charge < -0.3 is 4.74 Å². The summed E-state index contributed by atoms with van der Waals surface area (Å²) in [6, 6.07) is 1.71. The number of carbonyl (C=O) groups is 1. The van der Waals surface area contributed by atoms with E-state index in [1.54, 1.807) is 12.3 Å². The van der Waals surface area contributed by atoms with E-state index < -0.39 is 5.97 Å². The van der Waals surface area contributed by atoms with Gasteiger partial charge in [0.2, 0.25) is 0 Å². The van der Waals surface area contributed by atoms with Gasteiger partial charge >= 0.3 is 5.97 Å². The SMILES string of the molecule is COC(=O)/C(C#N)=C(/S)SC. The van der Waals surface area contributed by atoms with Crippen LogP contribution in [-0.2, 0) is 9.53 Å². The number of esters is 1. The highest BCUT2D eigenvalue weighted by molar-refractivity contribution is 8.15. The Bertz CT molecular complexity index is 229. The number of carbonyl (C=O) groups excluding carboxylic acids is 1. The molecule has 0 aromatic carbocycles. The van der Waals surface area contributed by atoms with E-state index in [-0.39, 0.29) is 5.57 Å². The maximum absolute atomic E-state index is 10.8. The zero-order valence-corrected chi connectivity index (χ0v) is 7.83. The molecule has 0 atom stereocenters. The second-order valence-corrected chi connectivity index (χ2v) is 3.05. The van der Waals surface area contributed by atoms with Gasteiger partial charge in [-0.1, -0.05) is 0 Å². The molecular weight excluding hydrogens is 182 g/mol. The molecule has 0 fully saturated rings. The van der Waals surface area contributed by atoms with Crippen LogP contribution in [0.25, 0.3) is 0 Å². The number of hydrogen-bond donors (Lipinski definition) is 1. The molecule has 0 saturated heterocycles. The number of ether oxygens (including phenoxy) is 1. The monoisotopic (exact) mass is 189 g/mol. The third-order valence-electron chi connectivity index (χ3n) is 0.909. The Morgan fingerprint density at radius 3 is 2.55 bits per heavy atom. The number of methoxy groups -OCH3 is 1. The van der Waals surface area contributed by atoms with E-state index in [0.29, 0.717) is 4.24 Å². The molecule has 60 valence electrons. The van der Waals surface area contributed by atoms with Crippen molar-refractivity contribution >= 4 is 30.4 Å². The highest BCUT2D eigenvalue weighted by atomic mass is 32.2. The number of nitrogens with zero attached hydrogens (tertiary/aromatic N) is 1. The quantitative estimate of drug-likeness (QED) is 0.307. The summed E-state index contributed by atoms with van der Waals surface area (Å²) in [4.78, 5) is 10.8. The number of thioether (sulfide) groups is 1. The summed E-state index contributed by atoms with van der Waals surface area (Å²) in [7, 11) is 1.22. The fourth-order valence-corrected chi connectivity index (χ4v) is 0.859. The molecule has 0 rings (SSSR count). The van der Waals surface area contributed by atoms with Crippen molar-refractivity contribution in [1.29, 1.82) is 5.26 Å². The number of nitriles is 1. The van der Waals surface area contributed by atoms with Crippen molar-refractivity contribution in [3.63, 3.8) is 0 Å². The van der Waals surface area contributed by atoms with E-state index in [1.807, 2.05) is 0 Å². The highest BCUT2D eigenvalue weighted by Crippen LogP contribution is 2.20. The van der Waals surface area contributed by atoms with E-state index in [9.17, 15) is 4.79 Å². The normalized spacial score (nSPS) is 11.5. The molecule has 0 aliphatic carbocycles. The minimum Gasteiger partial charge on any atom is -0.465 e. The van der Waals surface area contributed by atoms with Crippen LogP contribution in [0.4, 0.5) is 0 Å². The lowest BCUT2D eigenvalue weighted by Crippen LogP contribution is -2.03. The average Bonchev–Trinajstić information content (AvgIpc) is 2.05. The summed E-state index contributed by atoms with van der Waals surface area (Å²) in [5.74, 6) is -0.646. The fraction of sp³-hybridized carbons (Fsp3) is 0.333. The molecular formula is C6H7NO2S2. The predicted molar refractivity (Wildman–Crippen MR) is 47.2 cm³/mol. The number of hydrogen-bond acceptors (Lipinski definition) is 5. The van der Waals surface area contributed by atoms with Gasteiger partial charge in [-0.3, -0.25) is 0 Å². The average molecular weight is 189 g/mol. The smallest absolute Gasteiger partial charge is 0.350 e. The Morgan fingerprint density at radius 2 is 2.27 bits per heavy atom. The molecule has 3 nitrogen and oxygen atoms in total. The van der Waals surface area contributed by atoms with Crippen molar-refractivity contribution in [2.24, 2.45) is 0 Å². The maximum atomic E-state index is 10.8.